The van der Waals surface area contributed by atoms with E-state index in [9.17, 15) is 41.0 Å². The molecular weight excluding hydrogens is 942 g/mol. The third kappa shape index (κ3) is 15.0. The lowest BCUT2D eigenvalue weighted by Crippen LogP contribution is -2.30. The zero-order valence-corrected chi connectivity index (χ0v) is 37.2. The number of aliphatic carboxylic acids is 1. The van der Waals surface area contributed by atoms with Crippen molar-refractivity contribution in [3.05, 3.63) is 115 Å². The van der Waals surface area contributed by atoms with Gasteiger partial charge in [0.15, 0.2) is 12.2 Å². The number of hydrogen-bond donors (Lipinski definition) is 1. The summed E-state index contributed by atoms with van der Waals surface area (Å²) in [5.74, 6) is -0.684. The summed E-state index contributed by atoms with van der Waals surface area (Å²) < 4.78 is 115. The number of carboxylic acids is 1. The Morgan fingerprint density at radius 1 is 0.639 bits per heavy atom. The molecule has 1 N–H and O–H groups in total. The molecule has 332 valence electrons. The van der Waals surface area contributed by atoms with E-state index in [2.05, 4.69) is 31.9 Å². The van der Waals surface area contributed by atoms with Gasteiger partial charge in [0, 0.05) is 26.1 Å². The van der Waals surface area contributed by atoms with Crippen molar-refractivity contribution < 1.29 is 64.7 Å². The molecular formula is C45H48Br2F6O8. The minimum absolute atomic E-state index is 0.00649. The number of aryl methyl sites for hydroxylation is 2. The highest BCUT2D eigenvalue weighted by Gasteiger charge is 2.35. The van der Waals surface area contributed by atoms with Gasteiger partial charge in [0.1, 0.15) is 11.5 Å². The first-order chi connectivity index (χ1) is 28.8. The fourth-order valence-electron chi connectivity index (χ4n) is 6.51. The van der Waals surface area contributed by atoms with Gasteiger partial charge >= 0.3 is 24.3 Å². The van der Waals surface area contributed by atoms with Crippen LogP contribution in [0, 0.1) is 0 Å². The molecule has 0 saturated heterocycles. The van der Waals surface area contributed by atoms with Gasteiger partial charge < -0.3 is 28.8 Å². The Kier molecular flexibility index (Phi) is 18.5. The summed E-state index contributed by atoms with van der Waals surface area (Å²) in [6.07, 6.45) is -10.9. The Morgan fingerprint density at radius 3 is 1.44 bits per heavy atom. The number of halogens is 8. The zero-order chi connectivity index (χ0) is 44.9. The van der Waals surface area contributed by atoms with Crippen LogP contribution in [0.4, 0.5) is 26.3 Å². The third-order valence-electron chi connectivity index (χ3n) is 9.32. The predicted molar refractivity (Wildman–Crippen MR) is 225 cm³/mol. The first-order valence-corrected chi connectivity index (χ1v) is 21.3. The number of hydrogen-bond acceptors (Lipinski definition) is 7. The average molecular weight is 991 g/mol. The van der Waals surface area contributed by atoms with E-state index in [1.807, 2.05) is 0 Å². The summed E-state index contributed by atoms with van der Waals surface area (Å²) in [7, 11) is 0. The summed E-state index contributed by atoms with van der Waals surface area (Å²) in [5, 5.41) is 9.35. The summed E-state index contributed by atoms with van der Waals surface area (Å²) in [5.41, 5.74) is -0.503. The fraction of sp³-hybridized carbons (Fsp3) is 0.422. The summed E-state index contributed by atoms with van der Waals surface area (Å²) >= 11 is 6.85. The highest BCUT2D eigenvalue weighted by atomic mass is 79.9. The second-order valence-corrected chi connectivity index (χ2v) is 16.0. The molecule has 0 aliphatic carbocycles. The maximum absolute atomic E-state index is 14.3. The molecule has 0 unspecified atom stereocenters. The minimum Gasteiger partial charge on any atom is -0.492 e. The molecule has 0 amide bonds. The summed E-state index contributed by atoms with van der Waals surface area (Å²) in [4.78, 5) is 23.9. The number of carboxylic acid groups (broad SMARTS) is 1. The Hall–Kier alpha value is -4.12. The molecule has 0 saturated carbocycles. The van der Waals surface area contributed by atoms with Gasteiger partial charge in [-0.15, -0.1) is 0 Å². The molecule has 4 rings (SSSR count). The second-order valence-electron chi connectivity index (χ2n) is 14.3. The molecule has 0 radical (unpaired) electrons. The van der Waals surface area contributed by atoms with Gasteiger partial charge in [-0.05, 0) is 155 Å². The number of benzene rings is 4. The molecule has 2 atom stereocenters. The second kappa shape index (κ2) is 22.8. The number of carbonyl (C=O) groups excluding carboxylic acids is 1. The van der Waals surface area contributed by atoms with E-state index in [4.69, 9.17) is 23.7 Å². The van der Waals surface area contributed by atoms with Crippen LogP contribution in [0.25, 0.3) is 11.1 Å². The van der Waals surface area contributed by atoms with Crippen molar-refractivity contribution in [1.82, 2.24) is 0 Å². The van der Waals surface area contributed by atoms with Crippen LogP contribution in [-0.4, -0.2) is 61.8 Å². The van der Waals surface area contributed by atoms with Crippen molar-refractivity contribution in [2.75, 3.05) is 26.4 Å². The van der Waals surface area contributed by atoms with Crippen LogP contribution in [0.15, 0.2) is 81.7 Å². The van der Waals surface area contributed by atoms with E-state index in [1.54, 1.807) is 64.1 Å². The lowest BCUT2D eigenvalue weighted by atomic mass is 9.93. The molecule has 0 aliphatic rings. The highest BCUT2D eigenvalue weighted by molar-refractivity contribution is 9.11. The maximum Gasteiger partial charge on any atom is 0.416 e. The van der Waals surface area contributed by atoms with E-state index < -0.39 is 47.6 Å². The van der Waals surface area contributed by atoms with Crippen LogP contribution in [0.3, 0.4) is 0 Å². The van der Waals surface area contributed by atoms with Gasteiger partial charge in [0.25, 0.3) is 0 Å². The zero-order valence-electron chi connectivity index (χ0n) is 34.1. The lowest BCUT2D eigenvalue weighted by molar-refractivity contribution is -0.160. The third-order valence-corrected chi connectivity index (χ3v) is 10.6. The summed E-state index contributed by atoms with van der Waals surface area (Å²) in [6, 6.07) is 17.3. The molecule has 8 nitrogen and oxygen atoms in total. The molecule has 0 aliphatic heterocycles. The fourth-order valence-corrected chi connectivity index (χ4v) is 7.59. The van der Waals surface area contributed by atoms with Gasteiger partial charge in [0.2, 0.25) is 0 Å². The average Bonchev–Trinajstić information content (AvgIpc) is 3.18. The minimum atomic E-state index is -4.77. The topological polar surface area (TPSA) is 101 Å². The molecule has 0 fully saturated rings. The quantitative estimate of drug-likeness (QED) is 0.0472. The molecule has 0 bridgehead atoms. The smallest absolute Gasteiger partial charge is 0.416 e. The van der Waals surface area contributed by atoms with Crippen LogP contribution < -0.4 is 9.47 Å². The monoisotopic (exact) mass is 988 g/mol. The molecule has 16 heteroatoms. The number of esters is 1. The SMILES string of the molecule is CCO[C@@H](Cc1ccc(OCCCc2ccc(-c3ccc(CCCOc4ccc(C[C@H](OCC)C(=O)OC(C)C)cc4Br)c(C(F)(F)F)c3)cc2C(F)(F)F)c(Br)c1)C(=O)O. The first-order valence-electron chi connectivity index (χ1n) is 19.7. The van der Waals surface area contributed by atoms with Crippen molar-refractivity contribution in [3.63, 3.8) is 0 Å². The van der Waals surface area contributed by atoms with Gasteiger partial charge in [-0.1, -0.05) is 36.4 Å². The summed E-state index contributed by atoms with van der Waals surface area (Å²) in [6.45, 7) is 7.66. The van der Waals surface area contributed by atoms with E-state index in [-0.39, 0.29) is 86.7 Å². The molecule has 0 aromatic heterocycles. The number of alkyl halides is 6. The molecule has 4 aromatic carbocycles. The van der Waals surface area contributed by atoms with Crippen molar-refractivity contribution in [1.29, 1.82) is 0 Å². The Bertz CT molecular complexity index is 2090. The molecule has 0 heterocycles. The first kappa shape index (κ1) is 49.5. The maximum atomic E-state index is 14.3. The van der Waals surface area contributed by atoms with E-state index in [0.29, 0.717) is 32.6 Å². The van der Waals surface area contributed by atoms with Crippen LogP contribution in [-0.2, 0) is 61.8 Å². The van der Waals surface area contributed by atoms with Gasteiger partial charge in [-0.2, -0.15) is 26.3 Å². The van der Waals surface area contributed by atoms with Crippen molar-refractivity contribution >= 4 is 43.8 Å². The van der Waals surface area contributed by atoms with Crippen LogP contribution in [0.1, 0.15) is 73.9 Å². The molecule has 0 spiro atoms. The largest absolute Gasteiger partial charge is 0.492 e. The van der Waals surface area contributed by atoms with E-state index in [1.165, 1.54) is 24.3 Å². The van der Waals surface area contributed by atoms with Gasteiger partial charge in [-0.25, -0.2) is 9.59 Å². The standard InChI is InChI=1S/C45H48Br2F6O8/c1-5-57-40(42(54)55)23-28-11-17-38(36(46)21-28)59-19-7-9-30-13-15-32(25-34(30)44(48,49)50)33-16-14-31(35(26-33)45(51,52)53)10-8-20-60-39-18-12-29(22-37(39)47)24-41(58-6-2)43(56)61-27(3)4/h11-18,21-22,25-27,40-41H,5-10,19-20,23-24H2,1-4H3,(H,54,55)/t40-,41-/m0/s1. The predicted octanol–water partition coefficient (Wildman–Crippen LogP) is 11.9. The Balaban J connectivity index is 1.39. The van der Waals surface area contributed by atoms with Gasteiger partial charge in [-0.3, -0.25) is 0 Å². The van der Waals surface area contributed by atoms with Gasteiger partial charge in [0.05, 0.1) is 39.4 Å². The normalized spacial score (nSPS) is 12.9. The van der Waals surface area contributed by atoms with E-state index >= 15 is 0 Å². The molecule has 4 aromatic rings. The van der Waals surface area contributed by atoms with Crippen LogP contribution in [0.5, 0.6) is 11.5 Å². The lowest BCUT2D eigenvalue weighted by Gasteiger charge is -2.18. The number of ether oxygens (including phenoxy) is 5. The van der Waals surface area contributed by atoms with E-state index in [0.717, 1.165) is 17.7 Å². The van der Waals surface area contributed by atoms with Crippen molar-refractivity contribution in [2.45, 2.75) is 96.9 Å². The Labute approximate surface area is 368 Å². The van der Waals surface area contributed by atoms with Crippen molar-refractivity contribution in [3.8, 4) is 22.6 Å². The number of rotatable bonds is 22. The van der Waals surface area contributed by atoms with Crippen LogP contribution >= 0.6 is 31.9 Å². The number of carbonyl (C=O) groups is 2. The Morgan fingerprint density at radius 2 is 1.07 bits per heavy atom. The molecule has 61 heavy (non-hydrogen) atoms. The highest BCUT2D eigenvalue weighted by Crippen LogP contribution is 2.39. The van der Waals surface area contributed by atoms with Crippen LogP contribution in [0.2, 0.25) is 0 Å². The van der Waals surface area contributed by atoms with Crippen molar-refractivity contribution in [2.24, 2.45) is 0 Å².